The van der Waals surface area contributed by atoms with Gasteiger partial charge in [-0.05, 0) is 30.9 Å². The Labute approximate surface area is 120 Å². The second-order valence-electron chi connectivity index (χ2n) is 5.22. The predicted molar refractivity (Wildman–Crippen MR) is 77.1 cm³/mol. The van der Waals surface area contributed by atoms with Gasteiger partial charge in [-0.1, -0.05) is 6.07 Å². The summed E-state index contributed by atoms with van der Waals surface area (Å²) in [6.45, 7) is 1.24. The van der Waals surface area contributed by atoms with Gasteiger partial charge >= 0.3 is 0 Å². The Morgan fingerprint density at radius 3 is 3.10 bits per heavy atom. The summed E-state index contributed by atoms with van der Waals surface area (Å²) in [5.74, 6) is 0.179. The Bertz CT molecular complexity index is 424. The molecule has 1 aliphatic rings. The Morgan fingerprint density at radius 2 is 2.45 bits per heavy atom. The van der Waals surface area contributed by atoms with Gasteiger partial charge in [0, 0.05) is 45.1 Å². The fourth-order valence-corrected chi connectivity index (χ4v) is 2.72. The number of nitrogens with two attached hydrogens (primary N) is 1. The maximum Gasteiger partial charge on any atom is 0.223 e. The van der Waals surface area contributed by atoms with Crippen LogP contribution in [-0.4, -0.2) is 48.1 Å². The summed E-state index contributed by atoms with van der Waals surface area (Å²) in [5, 5.41) is 0. The molecule has 1 aliphatic heterocycles. The normalized spacial score (nSPS) is 22.8. The van der Waals surface area contributed by atoms with Gasteiger partial charge in [0.05, 0.1) is 6.10 Å². The first-order chi connectivity index (χ1) is 9.74. The van der Waals surface area contributed by atoms with Crippen LogP contribution >= 0.6 is 0 Å². The lowest BCUT2D eigenvalue weighted by atomic mass is 9.98. The first-order valence-electron chi connectivity index (χ1n) is 7.15. The fourth-order valence-electron chi connectivity index (χ4n) is 2.72. The minimum absolute atomic E-state index is 0.107. The highest BCUT2D eigenvalue weighted by Crippen LogP contribution is 2.20. The summed E-state index contributed by atoms with van der Waals surface area (Å²) in [6.07, 6.45) is 6.76. The number of ether oxygens (including phenoxy) is 1. The van der Waals surface area contributed by atoms with Crippen LogP contribution in [0.5, 0.6) is 0 Å². The Balaban J connectivity index is 1.88. The van der Waals surface area contributed by atoms with Crippen LogP contribution in [0.15, 0.2) is 24.5 Å². The van der Waals surface area contributed by atoms with Crippen molar-refractivity contribution in [3.8, 4) is 0 Å². The molecule has 2 unspecified atom stereocenters. The van der Waals surface area contributed by atoms with Gasteiger partial charge < -0.3 is 15.4 Å². The zero-order chi connectivity index (χ0) is 14.4. The first-order valence-corrected chi connectivity index (χ1v) is 7.15. The fraction of sp³-hybridized carbons (Fsp3) is 0.600. The van der Waals surface area contributed by atoms with Crippen molar-refractivity contribution < 1.29 is 9.53 Å². The van der Waals surface area contributed by atoms with E-state index in [1.165, 1.54) is 0 Å². The molecule has 2 heterocycles. The second kappa shape index (κ2) is 7.36. The predicted octanol–water partition coefficient (Wildman–Crippen LogP) is 0.979. The molecule has 1 saturated heterocycles. The van der Waals surface area contributed by atoms with Crippen LogP contribution in [0, 0.1) is 0 Å². The van der Waals surface area contributed by atoms with E-state index >= 15 is 0 Å². The van der Waals surface area contributed by atoms with Crippen LogP contribution in [0.25, 0.3) is 0 Å². The van der Waals surface area contributed by atoms with Crippen LogP contribution in [0.3, 0.4) is 0 Å². The minimum atomic E-state index is 0.107. The van der Waals surface area contributed by atoms with Crippen LogP contribution in [0.4, 0.5) is 0 Å². The first kappa shape index (κ1) is 14.9. The average Bonchev–Trinajstić information content (AvgIpc) is 2.52. The molecule has 1 fully saturated rings. The van der Waals surface area contributed by atoms with Gasteiger partial charge in [-0.3, -0.25) is 9.78 Å². The summed E-state index contributed by atoms with van der Waals surface area (Å²) in [4.78, 5) is 18.3. The highest BCUT2D eigenvalue weighted by molar-refractivity contribution is 5.77. The van der Waals surface area contributed by atoms with Gasteiger partial charge in [0.2, 0.25) is 5.91 Å². The number of nitrogens with zero attached hydrogens (tertiary/aromatic N) is 2. The van der Waals surface area contributed by atoms with E-state index in [-0.39, 0.29) is 18.1 Å². The van der Waals surface area contributed by atoms with E-state index in [1.807, 2.05) is 23.2 Å². The van der Waals surface area contributed by atoms with Crippen molar-refractivity contribution in [1.82, 2.24) is 9.88 Å². The molecule has 2 N–H and O–H groups in total. The number of likely N-dealkylation sites (tertiary alicyclic amines) is 1. The molecule has 0 radical (unpaired) electrons. The largest absolute Gasteiger partial charge is 0.381 e. The molecule has 20 heavy (non-hydrogen) atoms. The number of pyridine rings is 1. The van der Waals surface area contributed by atoms with E-state index in [4.69, 9.17) is 10.5 Å². The van der Waals surface area contributed by atoms with Gasteiger partial charge in [-0.15, -0.1) is 0 Å². The number of methoxy groups -OCH3 is 1. The van der Waals surface area contributed by atoms with Gasteiger partial charge in [-0.2, -0.15) is 0 Å². The zero-order valence-electron chi connectivity index (χ0n) is 12.0. The minimum Gasteiger partial charge on any atom is -0.381 e. The van der Waals surface area contributed by atoms with Crippen LogP contribution in [0.2, 0.25) is 0 Å². The third kappa shape index (κ3) is 3.77. The van der Waals surface area contributed by atoms with E-state index in [0.29, 0.717) is 13.0 Å². The molecule has 110 valence electrons. The van der Waals surface area contributed by atoms with Crippen LogP contribution in [-0.2, 0) is 16.0 Å². The van der Waals surface area contributed by atoms with Crippen molar-refractivity contribution >= 4 is 5.91 Å². The molecule has 0 saturated carbocycles. The maximum atomic E-state index is 12.3. The molecule has 0 aliphatic carbocycles. The number of carbonyl (C=O) groups excluding carboxylic acids is 1. The molecule has 0 aromatic carbocycles. The van der Waals surface area contributed by atoms with E-state index in [2.05, 4.69) is 4.98 Å². The third-order valence-corrected chi connectivity index (χ3v) is 3.94. The summed E-state index contributed by atoms with van der Waals surface area (Å²) in [5.41, 5.74) is 6.89. The molecule has 2 rings (SSSR count). The highest BCUT2D eigenvalue weighted by Gasteiger charge is 2.30. The summed E-state index contributed by atoms with van der Waals surface area (Å²) >= 11 is 0. The van der Waals surface area contributed by atoms with Gasteiger partial charge in [0.1, 0.15) is 0 Å². The highest BCUT2D eigenvalue weighted by atomic mass is 16.5. The molecule has 1 aromatic heterocycles. The van der Waals surface area contributed by atoms with E-state index in [0.717, 1.165) is 31.4 Å². The molecule has 0 spiro atoms. The number of rotatable bonds is 5. The smallest absolute Gasteiger partial charge is 0.223 e. The standard InChI is InChI=1S/C15H23N3O2/c1-20-14-6-8-18(13(9-14)10-16)15(19)5-4-12-3-2-7-17-11-12/h2-3,7,11,13-14H,4-6,8-10,16H2,1H3. The van der Waals surface area contributed by atoms with Crippen molar-refractivity contribution in [3.63, 3.8) is 0 Å². The number of amides is 1. The molecule has 0 bridgehead atoms. The van der Waals surface area contributed by atoms with Crippen molar-refractivity contribution in [2.24, 2.45) is 5.73 Å². The summed E-state index contributed by atoms with van der Waals surface area (Å²) in [6, 6.07) is 4.00. The molecule has 1 aromatic rings. The maximum absolute atomic E-state index is 12.3. The third-order valence-electron chi connectivity index (χ3n) is 3.94. The quantitative estimate of drug-likeness (QED) is 0.871. The number of hydrogen-bond acceptors (Lipinski definition) is 4. The molecular weight excluding hydrogens is 254 g/mol. The molecule has 1 amide bonds. The zero-order valence-corrected chi connectivity index (χ0v) is 12.0. The monoisotopic (exact) mass is 277 g/mol. The number of aryl methyl sites for hydroxylation is 1. The second-order valence-corrected chi connectivity index (χ2v) is 5.22. The van der Waals surface area contributed by atoms with Gasteiger partial charge in [0.15, 0.2) is 0 Å². The van der Waals surface area contributed by atoms with Crippen molar-refractivity contribution in [2.45, 2.75) is 37.8 Å². The van der Waals surface area contributed by atoms with E-state index in [9.17, 15) is 4.79 Å². The topological polar surface area (TPSA) is 68.5 Å². The lowest BCUT2D eigenvalue weighted by Gasteiger charge is -2.38. The number of carbonyl (C=O) groups is 1. The lowest BCUT2D eigenvalue weighted by Crippen LogP contribution is -2.51. The Morgan fingerprint density at radius 1 is 1.60 bits per heavy atom. The van der Waals surface area contributed by atoms with Crippen LogP contribution < -0.4 is 5.73 Å². The van der Waals surface area contributed by atoms with Crippen LogP contribution in [0.1, 0.15) is 24.8 Å². The SMILES string of the molecule is COC1CCN(C(=O)CCc2cccnc2)C(CN)C1. The van der Waals surface area contributed by atoms with E-state index in [1.54, 1.807) is 13.3 Å². The molecule has 2 atom stereocenters. The van der Waals surface area contributed by atoms with E-state index < -0.39 is 0 Å². The van der Waals surface area contributed by atoms with Gasteiger partial charge in [0.25, 0.3) is 0 Å². The Hall–Kier alpha value is -1.46. The van der Waals surface area contributed by atoms with Crippen molar-refractivity contribution in [3.05, 3.63) is 30.1 Å². The van der Waals surface area contributed by atoms with Gasteiger partial charge in [-0.25, -0.2) is 0 Å². The average molecular weight is 277 g/mol. The number of aromatic nitrogens is 1. The molecule has 5 nitrogen and oxygen atoms in total. The molecular formula is C15H23N3O2. The number of hydrogen-bond donors (Lipinski definition) is 1. The number of piperidine rings is 1. The summed E-state index contributed by atoms with van der Waals surface area (Å²) in [7, 11) is 1.72. The lowest BCUT2D eigenvalue weighted by molar-refractivity contribution is -0.136. The van der Waals surface area contributed by atoms with Crippen molar-refractivity contribution in [2.75, 3.05) is 20.2 Å². The van der Waals surface area contributed by atoms with Crippen molar-refractivity contribution in [1.29, 1.82) is 0 Å². The Kier molecular flexibility index (Phi) is 5.49. The molecule has 5 heteroatoms. The summed E-state index contributed by atoms with van der Waals surface area (Å²) < 4.78 is 5.38.